The van der Waals surface area contributed by atoms with Crippen LogP contribution < -0.4 is 5.32 Å². The van der Waals surface area contributed by atoms with E-state index in [-0.39, 0.29) is 0 Å². The van der Waals surface area contributed by atoms with Crippen LogP contribution in [0.25, 0.3) is 0 Å². The van der Waals surface area contributed by atoms with Gasteiger partial charge in [-0.3, -0.25) is 9.88 Å². The lowest BCUT2D eigenvalue weighted by Gasteiger charge is -2.19. The number of nitrogens with zero attached hydrogens (tertiary/aromatic N) is 2. The molecule has 1 aromatic rings. The largest absolute Gasteiger partial charge is 0.389 e. The fraction of sp³-hybridized carbons (Fsp3) is 0.583. The number of aliphatic hydroxyl groups is 1. The molecule has 0 aromatic carbocycles. The number of ether oxygens (including phenoxy) is 1. The number of aromatic nitrogens is 1. The molecule has 5 heteroatoms. The van der Waals surface area contributed by atoms with Crippen molar-refractivity contribution in [3.63, 3.8) is 0 Å². The Hall–Kier alpha value is -1.17. The van der Waals surface area contributed by atoms with Gasteiger partial charge in [-0.1, -0.05) is 0 Å². The van der Waals surface area contributed by atoms with E-state index in [0.29, 0.717) is 19.7 Å². The quantitative estimate of drug-likeness (QED) is 0.728. The summed E-state index contributed by atoms with van der Waals surface area (Å²) in [7, 11) is 5.42. The van der Waals surface area contributed by atoms with Crippen LogP contribution in [0.5, 0.6) is 0 Å². The van der Waals surface area contributed by atoms with E-state index < -0.39 is 6.10 Å². The molecule has 0 aliphatic rings. The molecule has 0 spiro atoms. The van der Waals surface area contributed by atoms with E-state index in [4.69, 9.17) is 4.74 Å². The molecule has 2 N–H and O–H groups in total. The van der Waals surface area contributed by atoms with Crippen LogP contribution in [-0.2, 0) is 11.3 Å². The first kappa shape index (κ1) is 13.9. The van der Waals surface area contributed by atoms with Crippen molar-refractivity contribution in [3.8, 4) is 0 Å². The van der Waals surface area contributed by atoms with Gasteiger partial charge < -0.3 is 15.2 Å². The number of hydrogen-bond donors (Lipinski definition) is 2. The molecule has 0 radical (unpaired) electrons. The van der Waals surface area contributed by atoms with Crippen molar-refractivity contribution < 1.29 is 9.84 Å². The number of anilines is 1. The van der Waals surface area contributed by atoms with E-state index in [9.17, 15) is 5.11 Å². The molecule has 0 aliphatic heterocycles. The Morgan fingerprint density at radius 1 is 1.59 bits per heavy atom. The van der Waals surface area contributed by atoms with Gasteiger partial charge in [0.05, 0.1) is 18.4 Å². The summed E-state index contributed by atoms with van der Waals surface area (Å²) in [5.41, 5.74) is 2.02. The zero-order chi connectivity index (χ0) is 12.7. The first-order valence-corrected chi connectivity index (χ1v) is 5.64. The molecule has 0 bridgehead atoms. The summed E-state index contributed by atoms with van der Waals surface area (Å²) in [5.74, 6) is 0. The van der Waals surface area contributed by atoms with Gasteiger partial charge in [0.2, 0.25) is 0 Å². The highest BCUT2D eigenvalue weighted by Gasteiger charge is 2.08. The molecule has 1 rings (SSSR count). The minimum atomic E-state index is -0.461. The van der Waals surface area contributed by atoms with Crippen LogP contribution in [0.2, 0.25) is 0 Å². The lowest BCUT2D eigenvalue weighted by atomic mass is 10.3. The van der Waals surface area contributed by atoms with Gasteiger partial charge in [0.25, 0.3) is 0 Å². The van der Waals surface area contributed by atoms with E-state index in [1.807, 2.05) is 31.1 Å². The summed E-state index contributed by atoms with van der Waals surface area (Å²) in [4.78, 5) is 6.31. The Balaban J connectivity index is 2.46. The van der Waals surface area contributed by atoms with Crippen molar-refractivity contribution in [1.82, 2.24) is 9.88 Å². The normalized spacial score (nSPS) is 12.8. The molecule has 17 heavy (non-hydrogen) atoms. The molecule has 1 heterocycles. The standard InChI is InChI=1S/C12H21N3O2/c1-13-10-4-5-14-11(6-10)7-15(2)8-12(16)9-17-3/h4-6,12,16H,7-9H2,1-3H3,(H,13,14). The molecule has 1 atom stereocenters. The van der Waals surface area contributed by atoms with E-state index in [2.05, 4.69) is 10.3 Å². The van der Waals surface area contributed by atoms with Crippen molar-refractivity contribution in [3.05, 3.63) is 24.0 Å². The smallest absolute Gasteiger partial charge is 0.0900 e. The van der Waals surface area contributed by atoms with E-state index in [0.717, 1.165) is 11.4 Å². The maximum absolute atomic E-state index is 9.60. The number of nitrogens with one attached hydrogen (secondary N) is 1. The van der Waals surface area contributed by atoms with Gasteiger partial charge in [0.15, 0.2) is 0 Å². The lowest BCUT2D eigenvalue weighted by molar-refractivity contribution is 0.0417. The molecule has 0 saturated carbocycles. The highest BCUT2D eigenvalue weighted by molar-refractivity contribution is 5.42. The average molecular weight is 239 g/mol. The number of likely N-dealkylation sites (N-methyl/N-ethyl adjacent to an activating group) is 1. The van der Waals surface area contributed by atoms with E-state index >= 15 is 0 Å². The molecule has 0 aliphatic carbocycles. The molecule has 1 aromatic heterocycles. The van der Waals surface area contributed by atoms with Crippen LogP contribution in [-0.4, -0.2) is 55.5 Å². The molecule has 0 saturated heterocycles. The minimum absolute atomic E-state index is 0.355. The zero-order valence-corrected chi connectivity index (χ0v) is 10.7. The highest BCUT2D eigenvalue weighted by atomic mass is 16.5. The summed E-state index contributed by atoms with van der Waals surface area (Å²) in [5, 5.41) is 12.7. The third-order valence-corrected chi connectivity index (χ3v) is 2.42. The molecular formula is C12H21N3O2. The summed E-state index contributed by atoms with van der Waals surface area (Å²) < 4.78 is 4.89. The van der Waals surface area contributed by atoms with Crippen LogP contribution in [0.1, 0.15) is 5.69 Å². The van der Waals surface area contributed by atoms with Gasteiger partial charge in [0.1, 0.15) is 0 Å². The van der Waals surface area contributed by atoms with Crippen LogP contribution in [0.3, 0.4) is 0 Å². The highest BCUT2D eigenvalue weighted by Crippen LogP contribution is 2.08. The zero-order valence-electron chi connectivity index (χ0n) is 10.7. The number of hydrogen-bond acceptors (Lipinski definition) is 5. The third-order valence-electron chi connectivity index (χ3n) is 2.42. The summed E-state index contributed by atoms with van der Waals surface area (Å²) in [6.45, 7) is 1.63. The molecule has 5 nitrogen and oxygen atoms in total. The molecule has 96 valence electrons. The number of rotatable bonds is 7. The minimum Gasteiger partial charge on any atom is -0.389 e. The van der Waals surface area contributed by atoms with Gasteiger partial charge in [-0.15, -0.1) is 0 Å². The Morgan fingerprint density at radius 3 is 3.00 bits per heavy atom. The fourth-order valence-electron chi connectivity index (χ4n) is 1.67. The topological polar surface area (TPSA) is 57.6 Å². The van der Waals surface area contributed by atoms with Crippen LogP contribution in [0, 0.1) is 0 Å². The van der Waals surface area contributed by atoms with Gasteiger partial charge in [-0.2, -0.15) is 0 Å². The van der Waals surface area contributed by atoms with Crippen molar-refractivity contribution in [2.75, 3.05) is 39.7 Å². The lowest BCUT2D eigenvalue weighted by Crippen LogP contribution is -2.31. The second kappa shape index (κ2) is 7.21. The molecule has 0 amide bonds. The molecule has 1 unspecified atom stereocenters. The first-order chi connectivity index (χ1) is 8.15. The first-order valence-electron chi connectivity index (χ1n) is 5.64. The van der Waals surface area contributed by atoms with Gasteiger partial charge in [-0.25, -0.2) is 0 Å². The van der Waals surface area contributed by atoms with Crippen LogP contribution >= 0.6 is 0 Å². The van der Waals surface area contributed by atoms with Gasteiger partial charge in [0, 0.05) is 39.1 Å². The monoisotopic (exact) mass is 239 g/mol. The second-order valence-electron chi connectivity index (χ2n) is 4.09. The average Bonchev–Trinajstić information content (AvgIpc) is 2.29. The maximum atomic E-state index is 9.60. The summed E-state index contributed by atoms with van der Waals surface area (Å²) in [6.07, 6.45) is 1.32. The Morgan fingerprint density at radius 2 is 2.35 bits per heavy atom. The summed E-state index contributed by atoms with van der Waals surface area (Å²) >= 11 is 0. The predicted octanol–water partition coefficient (Wildman–Crippen LogP) is 0.562. The fourth-order valence-corrected chi connectivity index (χ4v) is 1.67. The maximum Gasteiger partial charge on any atom is 0.0900 e. The van der Waals surface area contributed by atoms with Crippen LogP contribution in [0.15, 0.2) is 18.3 Å². The van der Waals surface area contributed by atoms with Gasteiger partial charge in [-0.05, 0) is 19.2 Å². The number of pyridine rings is 1. The van der Waals surface area contributed by atoms with Crippen molar-refractivity contribution in [1.29, 1.82) is 0 Å². The number of methoxy groups -OCH3 is 1. The third kappa shape index (κ3) is 5.12. The molecule has 0 fully saturated rings. The number of aliphatic hydroxyl groups excluding tert-OH is 1. The van der Waals surface area contributed by atoms with E-state index in [1.165, 1.54) is 0 Å². The van der Waals surface area contributed by atoms with Crippen molar-refractivity contribution in [2.24, 2.45) is 0 Å². The second-order valence-corrected chi connectivity index (χ2v) is 4.09. The van der Waals surface area contributed by atoms with Crippen LogP contribution in [0.4, 0.5) is 5.69 Å². The predicted molar refractivity (Wildman–Crippen MR) is 68.0 cm³/mol. The van der Waals surface area contributed by atoms with E-state index in [1.54, 1.807) is 13.3 Å². The SMILES string of the molecule is CNc1ccnc(CN(C)CC(O)COC)c1. The Bertz CT molecular complexity index is 333. The Labute approximate surface area is 102 Å². The summed E-state index contributed by atoms with van der Waals surface area (Å²) in [6, 6.07) is 3.92. The van der Waals surface area contributed by atoms with Crippen molar-refractivity contribution >= 4 is 5.69 Å². The molecular weight excluding hydrogens is 218 g/mol. The Kier molecular flexibility index (Phi) is 5.90. The van der Waals surface area contributed by atoms with Crippen molar-refractivity contribution in [2.45, 2.75) is 12.6 Å². The van der Waals surface area contributed by atoms with Gasteiger partial charge >= 0.3 is 0 Å².